The minimum Gasteiger partial charge on any atom is -0.870 e. The fourth-order valence-electron chi connectivity index (χ4n) is 0. The molecule has 0 bridgehead atoms. The maximum Gasteiger partial charge on any atom is 1.00 e. The van der Waals surface area contributed by atoms with Gasteiger partial charge in [-0.25, -0.2) is 8.42 Å². The molecule has 0 amide bonds. The Kier molecular flexibility index (Phi) is 16.5. The van der Waals surface area contributed by atoms with E-state index in [1.54, 1.807) is 0 Å². The topological polar surface area (TPSA) is 142 Å². The van der Waals surface area contributed by atoms with Gasteiger partial charge >= 0.3 is 90.1 Å². The van der Waals surface area contributed by atoms with Crippen LogP contribution in [0.3, 0.4) is 0 Å². The second kappa shape index (κ2) is 7.79. The van der Waals surface area contributed by atoms with Crippen LogP contribution >= 0.6 is 0 Å². The van der Waals surface area contributed by atoms with E-state index in [2.05, 4.69) is 0 Å². The molecule has 0 aliphatic rings. The molecule has 0 aliphatic heterocycles. The summed E-state index contributed by atoms with van der Waals surface area (Å²) in [6.45, 7) is 0. The van der Waals surface area contributed by atoms with Gasteiger partial charge in [0.25, 0.3) is 0 Å². The largest absolute Gasteiger partial charge is 1.00 e. The van der Waals surface area contributed by atoms with Crippen molar-refractivity contribution in [1.29, 1.82) is 0 Å². The Labute approximate surface area is 128 Å². The molecule has 11 heavy (non-hydrogen) atoms. The first kappa shape index (κ1) is 23.3. The fourth-order valence-corrected chi connectivity index (χ4v) is 0. The van der Waals surface area contributed by atoms with E-state index in [9.17, 15) is 21.4 Å². The normalized spacial score (nSPS) is 10.0. The average molecular weight is 240 g/mol. The van der Waals surface area contributed by atoms with E-state index in [4.69, 9.17) is 4.55 Å². The standard InChI is InChI=1S/K.Na.H2O6S2.H2O/c;;1-7(2,3)8(4,5)6;/h;;(H,1,2,3)(H,4,5,6);1H2/q2*+1;;/p-2. The van der Waals surface area contributed by atoms with Crippen LogP contribution in [-0.2, 0) is 18.3 Å². The molecule has 2 N–H and O–H groups in total. The van der Waals surface area contributed by atoms with Crippen LogP contribution in [0, 0.1) is 0 Å². The molecular weight excluding hydrogens is 238 g/mol. The van der Waals surface area contributed by atoms with Crippen molar-refractivity contribution in [2.45, 2.75) is 0 Å². The molecule has 0 aromatic heterocycles. The predicted molar refractivity (Wildman–Crippen MR) is 23.2 cm³/mol. The summed E-state index contributed by atoms with van der Waals surface area (Å²) in [7, 11) is -11.0. The molecule has 0 aromatic carbocycles. The molecule has 11 heteroatoms. The number of hydrogen-bond acceptors (Lipinski definition) is 6. The van der Waals surface area contributed by atoms with E-state index in [0.717, 1.165) is 0 Å². The second-order valence-corrected chi connectivity index (χ2v) is 5.00. The summed E-state index contributed by atoms with van der Waals surface area (Å²) in [4.78, 5) is 0. The summed E-state index contributed by atoms with van der Waals surface area (Å²) >= 11 is 0. The smallest absolute Gasteiger partial charge is 0.870 e. The number of hydrogen-bond donors (Lipinski definition) is 1. The van der Waals surface area contributed by atoms with Crippen LogP contribution in [0.2, 0.25) is 0 Å². The van der Waals surface area contributed by atoms with Crippen molar-refractivity contribution < 1.29 is 112 Å². The van der Waals surface area contributed by atoms with Gasteiger partial charge in [0.1, 0.15) is 0 Å². The van der Waals surface area contributed by atoms with Gasteiger partial charge in [-0.3, -0.25) is 4.55 Å². The molecule has 0 rings (SSSR count). The van der Waals surface area contributed by atoms with Crippen LogP contribution in [-0.4, -0.2) is 31.4 Å². The summed E-state index contributed by atoms with van der Waals surface area (Å²) < 4.78 is 53.8. The zero-order valence-corrected chi connectivity index (χ0v) is 12.5. The molecule has 0 aliphatic carbocycles. The van der Waals surface area contributed by atoms with Crippen LogP contribution < -0.4 is 80.9 Å². The first-order valence-electron chi connectivity index (χ1n) is 1.18. The Morgan fingerprint density at radius 2 is 1.18 bits per heavy atom. The molecule has 7 nitrogen and oxygen atoms in total. The zero-order chi connectivity index (χ0) is 7.00. The predicted octanol–water partition coefficient (Wildman–Crippen LogP) is -7.83. The Morgan fingerprint density at radius 1 is 1.09 bits per heavy atom. The van der Waals surface area contributed by atoms with Crippen molar-refractivity contribution in [1.82, 2.24) is 0 Å². The van der Waals surface area contributed by atoms with E-state index in [1.165, 1.54) is 0 Å². The summed E-state index contributed by atoms with van der Waals surface area (Å²) in [6.07, 6.45) is 0. The van der Waals surface area contributed by atoms with Crippen LogP contribution in [0.5, 0.6) is 0 Å². The van der Waals surface area contributed by atoms with Gasteiger partial charge in [0.2, 0.25) is 9.15 Å². The van der Waals surface area contributed by atoms with Crippen LogP contribution in [0.25, 0.3) is 0 Å². The molecule has 0 spiro atoms. The first-order valence-corrected chi connectivity index (χ1v) is 4.55. The van der Waals surface area contributed by atoms with Crippen LogP contribution in [0.4, 0.5) is 0 Å². The minimum atomic E-state index is -5.56. The average Bonchev–Trinajstić information content (AvgIpc) is 1.25. The van der Waals surface area contributed by atoms with Crippen LogP contribution in [0.15, 0.2) is 0 Å². The summed E-state index contributed by atoms with van der Waals surface area (Å²) in [6, 6.07) is 0. The number of rotatable bonds is 1. The molecule has 0 unspecified atom stereocenters. The second-order valence-electron chi connectivity index (χ2n) is 0.836. The third-order valence-electron chi connectivity index (χ3n) is 0.258. The molecule has 0 atom stereocenters. The van der Waals surface area contributed by atoms with Crippen LogP contribution in [0.1, 0.15) is 0 Å². The Balaban J connectivity index is -0.0000000817. The van der Waals surface area contributed by atoms with Gasteiger partial charge in [0.05, 0.1) is 0 Å². The quantitative estimate of drug-likeness (QED) is 0.272. The molecule has 58 valence electrons. The summed E-state index contributed by atoms with van der Waals surface area (Å²) in [5, 5.41) is 0. The van der Waals surface area contributed by atoms with E-state index in [0.29, 0.717) is 0 Å². The van der Waals surface area contributed by atoms with Crippen molar-refractivity contribution in [3.8, 4) is 0 Å². The maximum absolute atomic E-state index is 9.31. The minimum absolute atomic E-state index is 0. The Bertz CT molecular complexity index is 229. The zero-order valence-electron chi connectivity index (χ0n) is 5.75. The van der Waals surface area contributed by atoms with Crippen molar-refractivity contribution in [2.75, 3.05) is 0 Å². The molecule has 0 saturated carbocycles. The van der Waals surface area contributed by atoms with Gasteiger partial charge in [-0.1, -0.05) is 0 Å². The SMILES string of the molecule is O=S(=O)([O-])S(=O)(=O)O.[K+].[Na+].[OH-]. The Morgan fingerprint density at radius 3 is 1.18 bits per heavy atom. The van der Waals surface area contributed by atoms with E-state index >= 15 is 0 Å². The summed E-state index contributed by atoms with van der Waals surface area (Å²) in [5.74, 6) is 0. The fraction of sp³-hybridized carbons (Fsp3) is 0. The van der Waals surface area contributed by atoms with Crippen molar-refractivity contribution in [3.63, 3.8) is 0 Å². The third kappa shape index (κ3) is 10.3. The Hall–Kier alpha value is 2.42. The molecule has 0 aromatic rings. The van der Waals surface area contributed by atoms with Gasteiger partial charge in [-0.2, -0.15) is 8.42 Å². The monoisotopic (exact) mass is 240 g/mol. The van der Waals surface area contributed by atoms with Gasteiger partial charge in [-0.15, -0.1) is 0 Å². The van der Waals surface area contributed by atoms with Gasteiger partial charge in [0, 0.05) is 0 Å². The van der Waals surface area contributed by atoms with Gasteiger partial charge < -0.3 is 10.0 Å². The van der Waals surface area contributed by atoms with E-state index < -0.39 is 18.3 Å². The van der Waals surface area contributed by atoms with Crippen molar-refractivity contribution in [3.05, 3.63) is 0 Å². The molecule has 0 fully saturated rings. The van der Waals surface area contributed by atoms with Gasteiger partial charge in [-0.05, 0) is 0 Å². The van der Waals surface area contributed by atoms with Crippen molar-refractivity contribution in [2.24, 2.45) is 0 Å². The first-order chi connectivity index (χ1) is 3.25. The maximum atomic E-state index is 9.31. The van der Waals surface area contributed by atoms with E-state index in [1.807, 2.05) is 0 Å². The third-order valence-corrected chi connectivity index (χ3v) is 2.32. The summed E-state index contributed by atoms with van der Waals surface area (Å²) in [5.41, 5.74) is 0. The molecular formula is H2KNaO7S2. The van der Waals surface area contributed by atoms with Crippen molar-refractivity contribution >= 4 is 18.3 Å². The molecule has 0 heterocycles. The van der Waals surface area contributed by atoms with Gasteiger partial charge in [0.15, 0.2) is 0 Å². The molecule has 0 radical (unpaired) electrons. The van der Waals surface area contributed by atoms with E-state index in [-0.39, 0.29) is 86.4 Å². The molecule has 0 saturated heterocycles.